The molecule has 1 amide bonds. The second-order valence-corrected chi connectivity index (χ2v) is 8.69. The quantitative estimate of drug-likeness (QED) is 0.180. The van der Waals surface area contributed by atoms with Crippen molar-refractivity contribution < 1.29 is 28.2 Å². The van der Waals surface area contributed by atoms with E-state index in [1.807, 2.05) is 6.07 Å². The summed E-state index contributed by atoms with van der Waals surface area (Å²) in [4.78, 5) is 12.6. The molecule has 1 aromatic heterocycles. The number of nitrogens with two attached hydrogens (primary N) is 1. The van der Waals surface area contributed by atoms with E-state index in [1.54, 1.807) is 48.5 Å². The molecular formula is C27H24ClF2N5O4. The highest BCUT2D eigenvalue weighted by Gasteiger charge is 2.18. The molecule has 0 aliphatic heterocycles. The molecule has 1 atom stereocenters. The predicted octanol–water partition coefficient (Wildman–Crippen LogP) is 4.80. The Balaban J connectivity index is 1.41. The highest BCUT2D eigenvalue weighted by Crippen LogP contribution is 2.30. The van der Waals surface area contributed by atoms with Crippen LogP contribution in [0.4, 0.5) is 14.6 Å². The van der Waals surface area contributed by atoms with Crippen LogP contribution in [-0.2, 0) is 13.2 Å². The van der Waals surface area contributed by atoms with Crippen LogP contribution < -0.4 is 20.6 Å². The molecule has 0 aliphatic rings. The minimum absolute atomic E-state index is 0.0538. The molecule has 0 saturated carbocycles. The number of aliphatic hydroxyl groups excluding tert-OH is 1. The van der Waals surface area contributed by atoms with E-state index in [1.165, 1.54) is 35.3 Å². The Morgan fingerprint density at radius 3 is 2.59 bits per heavy atom. The van der Waals surface area contributed by atoms with Crippen LogP contribution in [0.5, 0.6) is 11.5 Å². The molecule has 202 valence electrons. The number of amides is 1. The lowest BCUT2D eigenvalue weighted by Gasteiger charge is -2.13. The van der Waals surface area contributed by atoms with E-state index in [4.69, 9.17) is 22.1 Å². The molecule has 1 heterocycles. The molecule has 0 spiro atoms. The van der Waals surface area contributed by atoms with Crippen molar-refractivity contribution in [1.82, 2.24) is 15.2 Å². The van der Waals surface area contributed by atoms with Crippen molar-refractivity contribution in [2.45, 2.75) is 25.9 Å². The van der Waals surface area contributed by atoms with Crippen LogP contribution in [0, 0.1) is 0 Å². The second kappa shape index (κ2) is 12.9. The van der Waals surface area contributed by atoms with Crippen LogP contribution in [0.3, 0.4) is 0 Å². The van der Waals surface area contributed by atoms with Gasteiger partial charge in [0.2, 0.25) is 0 Å². The van der Waals surface area contributed by atoms with Gasteiger partial charge in [-0.2, -0.15) is 19.0 Å². The van der Waals surface area contributed by atoms with Crippen molar-refractivity contribution in [3.8, 4) is 11.5 Å². The first-order chi connectivity index (χ1) is 18.8. The zero-order chi connectivity index (χ0) is 27.8. The number of hydrogen-bond acceptors (Lipinski definition) is 7. The van der Waals surface area contributed by atoms with E-state index in [-0.39, 0.29) is 36.0 Å². The predicted molar refractivity (Wildman–Crippen MR) is 142 cm³/mol. The third-order valence-corrected chi connectivity index (χ3v) is 5.78. The average molecular weight is 556 g/mol. The topological polar surface area (TPSA) is 124 Å². The fraction of sp³-hybridized carbons (Fsp3) is 0.148. The summed E-state index contributed by atoms with van der Waals surface area (Å²) in [5.41, 5.74) is 10.4. The van der Waals surface area contributed by atoms with Gasteiger partial charge in [0.25, 0.3) is 5.91 Å². The van der Waals surface area contributed by atoms with Crippen molar-refractivity contribution in [1.29, 1.82) is 0 Å². The Hall–Kier alpha value is -4.48. The van der Waals surface area contributed by atoms with Crippen molar-refractivity contribution in [3.63, 3.8) is 0 Å². The number of nitrogen functional groups attached to an aromatic ring is 1. The molecule has 0 aliphatic carbocycles. The van der Waals surface area contributed by atoms with Gasteiger partial charge in [-0.3, -0.25) is 4.79 Å². The highest BCUT2D eigenvalue weighted by molar-refractivity contribution is 6.30. The van der Waals surface area contributed by atoms with Gasteiger partial charge in [0.15, 0.2) is 11.5 Å². The summed E-state index contributed by atoms with van der Waals surface area (Å²) < 4.78 is 37.3. The molecule has 12 heteroatoms. The van der Waals surface area contributed by atoms with Gasteiger partial charge in [-0.1, -0.05) is 54.1 Å². The summed E-state index contributed by atoms with van der Waals surface area (Å²) in [6.45, 7) is -2.91. The van der Waals surface area contributed by atoms with Gasteiger partial charge in [-0.05, 0) is 47.0 Å². The number of aromatic nitrogens is 2. The number of ether oxygens (including phenoxy) is 2. The Labute approximate surface area is 227 Å². The van der Waals surface area contributed by atoms with Gasteiger partial charge in [0.05, 0.1) is 25.1 Å². The van der Waals surface area contributed by atoms with E-state index in [2.05, 4.69) is 20.4 Å². The largest absolute Gasteiger partial charge is 0.485 e. The monoisotopic (exact) mass is 555 g/mol. The summed E-state index contributed by atoms with van der Waals surface area (Å²) in [5.74, 6) is -0.661. The number of anilines is 1. The molecule has 0 saturated heterocycles. The first-order valence-electron chi connectivity index (χ1n) is 11.6. The van der Waals surface area contributed by atoms with Crippen LogP contribution in [0.25, 0.3) is 0 Å². The smallest absolute Gasteiger partial charge is 0.387 e. The summed E-state index contributed by atoms with van der Waals surface area (Å²) in [7, 11) is 0. The van der Waals surface area contributed by atoms with Crippen molar-refractivity contribution in [3.05, 3.63) is 106 Å². The SMILES string of the molecule is Nc1c(C(=O)N/N=C/c2ccc(OC(F)F)c(OCc3ccc(Cl)cc3)c2)cnn1CC(O)c1ccccc1. The lowest BCUT2D eigenvalue weighted by Crippen LogP contribution is -2.19. The number of aliphatic hydroxyl groups is 1. The van der Waals surface area contributed by atoms with E-state index in [0.29, 0.717) is 16.1 Å². The molecule has 4 aromatic rings. The number of carbonyl (C=O) groups is 1. The van der Waals surface area contributed by atoms with Gasteiger partial charge in [-0.15, -0.1) is 0 Å². The van der Waals surface area contributed by atoms with E-state index < -0.39 is 18.6 Å². The lowest BCUT2D eigenvalue weighted by atomic mass is 10.1. The van der Waals surface area contributed by atoms with Crippen LogP contribution in [0.2, 0.25) is 5.02 Å². The van der Waals surface area contributed by atoms with Crippen LogP contribution >= 0.6 is 11.6 Å². The van der Waals surface area contributed by atoms with Crippen molar-refractivity contribution >= 4 is 29.5 Å². The van der Waals surface area contributed by atoms with Crippen molar-refractivity contribution in [2.75, 3.05) is 5.73 Å². The number of hydrazone groups is 1. The molecule has 0 radical (unpaired) electrons. The Morgan fingerprint density at radius 1 is 1.13 bits per heavy atom. The average Bonchev–Trinajstić information content (AvgIpc) is 3.29. The Kier molecular flexibility index (Phi) is 9.08. The summed E-state index contributed by atoms with van der Waals surface area (Å²) in [6.07, 6.45) is 1.71. The fourth-order valence-corrected chi connectivity index (χ4v) is 3.66. The third kappa shape index (κ3) is 7.53. The molecule has 39 heavy (non-hydrogen) atoms. The van der Waals surface area contributed by atoms with Crippen LogP contribution in [-0.4, -0.2) is 33.6 Å². The molecular weight excluding hydrogens is 532 g/mol. The minimum atomic E-state index is -3.04. The minimum Gasteiger partial charge on any atom is -0.485 e. The highest BCUT2D eigenvalue weighted by atomic mass is 35.5. The normalized spacial score (nSPS) is 12.0. The number of nitrogens with one attached hydrogen (secondary N) is 1. The summed E-state index contributed by atoms with van der Waals surface area (Å²) >= 11 is 5.88. The number of benzene rings is 3. The van der Waals surface area contributed by atoms with Gasteiger partial charge in [0.1, 0.15) is 18.0 Å². The molecule has 0 bridgehead atoms. The van der Waals surface area contributed by atoms with E-state index in [0.717, 1.165) is 5.56 Å². The molecule has 1 unspecified atom stereocenters. The maximum Gasteiger partial charge on any atom is 0.387 e. The zero-order valence-corrected chi connectivity index (χ0v) is 21.1. The number of carbonyl (C=O) groups excluding carboxylic acids is 1. The molecule has 4 rings (SSSR count). The Bertz CT molecular complexity index is 1430. The van der Waals surface area contributed by atoms with Crippen LogP contribution in [0.1, 0.15) is 33.2 Å². The molecule has 4 N–H and O–H groups in total. The number of nitrogens with zero attached hydrogens (tertiary/aromatic N) is 3. The fourth-order valence-electron chi connectivity index (χ4n) is 3.54. The van der Waals surface area contributed by atoms with Gasteiger partial charge in [-0.25, -0.2) is 10.1 Å². The number of hydrogen-bond donors (Lipinski definition) is 3. The second-order valence-electron chi connectivity index (χ2n) is 8.25. The summed E-state index contributed by atoms with van der Waals surface area (Å²) in [6, 6.07) is 20.1. The zero-order valence-electron chi connectivity index (χ0n) is 20.4. The van der Waals surface area contributed by atoms with Crippen LogP contribution in [0.15, 0.2) is 84.1 Å². The molecule has 0 fully saturated rings. The summed E-state index contributed by atoms with van der Waals surface area (Å²) in [5, 5.41) is 19.0. The van der Waals surface area contributed by atoms with Gasteiger partial charge < -0.3 is 20.3 Å². The van der Waals surface area contributed by atoms with Gasteiger partial charge in [0, 0.05) is 5.02 Å². The molecule has 3 aromatic carbocycles. The van der Waals surface area contributed by atoms with Gasteiger partial charge >= 0.3 is 6.61 Å². The van der Waals surface area contributed by atoms with E-state index >= 15 is 0 Å². The lowest BCUT2D eigenvalue weighted by molar-refractivity contribution is -0.0516. The maximum atomic E-state index is 12.9. The standard InChI is InChI=1S/C27H24ClF2N5O4/c28-20-9-6-17(7-10-20)16-38-24-12-18(8-11-23(24)39-27(29)30)13-32-34-26(37)21-14-33-35(25(21)31)15-22(36)19-4-2-1-3-5-19/h1-14,22,27,36H,15-16,31H2,(H,34,37)/b32-13+. The first-order valence-corrected chi connectivity index (χ1v) is 12.0. The number of alkyl halides is 2. The number of halogens is 3. The third-order valence-electron chi connectivity index (χ3n) is 5.53. The Morgan fingerprint density at radius 2 is 1.87 bits per heavy atom. The van der Waals surface area contributed by atoms with E-state index in [9.17, 15) is 18.7 Å². The molecule has 9 nitrogen and oxygen atoms in total. The first kappa shape index (κ1) is 27.6. The number of rotatable bonds is 11. The van der Waals surface area contributed by atoms with Crippen molar-refractivity contribution in [2.24, 2.45) is 5.10 Å². The maximum absolute atomic E-state index is 12.9.